The maximum atomic E-state index is 12.6. The van der Waals surface area contributed by atoms with Crippen molar-refractivity contribution in [2.45, 2.75) is 84.0 Å². The van der Waals surface area contributed by atoms with Crippen molar-refractivity contribution in [1.29, 1.82) is 0 Å². The molecule has 2 aromatic rings. The smallest absolute Gasteiger partial charge is 0.481 e. The minimum atomic E-state index is -5.56. The number of aliphatic carboxylic acids is 1. The molecule has 2 aromatic heterocycles. The molecule has 3 heterocycles. The summed E-state index contributed by atoms with van der Waals surface area (Å²) in [7, 11) is -16.4. The quantitative estimate of drug-likeness (QED) is 0.0546. The number of rotatable bonds is 22. The molecule has 30 heteroatoms. The van der Waals surface area contributed by atoms with Crippen molar-refractivity contribution in [2.75, 3.05) is 37.8 Å². The fourth-order valence-electron chi connectivity index (χ4n) is 4.65. The van der Waals surface area contributed by atoms with Crippen LogP contribution in [0.4, 0.5) is 5.82 Å². The number of aromatic nitrogens is 4. The Hall–Kier alpha value is -2.97. The highest BCUT2D eigenvalue weighted by Gasteiger charge is 2.50. The Kier molecular flexibility index (Phi) is 19.9. The second kappa shape index (κ2) is 22.6. The summed E-state index contributed by atoms with van der Waals surface area (Å²) < 4.78 is 61.8. The number of nitrogens with zero attached hydrogens (tertiary/aromatic N) is 4. The highest BCUT2D eigenvalue weighted by atomic mass is 32.2. The van der Waals surface area contributed by atoms with E-state index in [0.717, 1.165) is 41.8 Å². The lowest BCUT2D eigenvalue weighted by molar-refractivity contribution is -0.137. The molecule has 26 nitrogen and oxygen atoms in total. The van der Waals surface area contributed by atoms with E-state index in [2.05, 4.69) is 34.4 Å². The molecule has 0 saturated carbocycles. The van der Waals surface area contributed by atoms with Gasteiger partial charge in [0.15, 0.2) is 22.8 Å². The molecule has 1 fully saturated rings. The van der Waals surface area contributed by atoms with Crippen LogP contribution < -0.4 is 16.4 Å². The van der Waals surface area contributed by atoms with E-state index in [-0.39, 0.29) is 41.6 Å². The number of carboxylic acid groups (broad SMARTS) is 1. The van der Waals surface area contributed by atoms with E-state index in [1.807, 2.05) is 6.92 Å². The van der Waals surface area contributed by atoms with Gasteiger partial charge in [-0.3, -0.25) is 37.3 Å². The molecule has 0 aliphatic carbocycles. The number of phosphoric acid groups is 3. The van der Waals surface area contributed by atoms with Gasteiger partial charge in [-0.15, -0.1) is 0 Å². The molecular formula is C28H48N7O19P3S. The van der Waals surface area contributed by atoms with Gasteiger partial charge in [-0.05, 0) is 6.42 Å². The van der Waals surface area contributed by atoms with Crippen LogP contribution in [0, 0.1) is 5.41 Å². The fraction of sp³-hybridized carbons (Fsp3) is 0.679. The number of unbranched alkanes of at least 4 members (excludes halogenated alkanes) is 1. The Morgan fingerprint density at radius 3 is 2.28 bits per heavy atom. The SMILES string of the molecule is CC(=O)SCCNC(=O)CCNC(=O)C(O)C(C)(C)COP(=O)(O)OP(=O)(O)OC[C@H]1O[C@@H](n2cnc3c(N)ncnc32)[C@H](O)[C@@H]1OP(=O)(O)O.CCCCC(=O)O. The normalized spacial score (nSPS) is 20.9. The van der Waals surface area contributed by atoms with Crippen LogP contribution in [0.2, 0.25) is 0 Å². The number of carboxylic acids is 1. The number of ether oxygens (including phenoxy) is 1. The topological polar surface area (TPSA) is 401 Å². The van der Waals surface area contributed by atoms with E-state index in [9.17, 15) is 62.7 Å². The predicted octanol–water partition coefficient (Wildman–Crippen LogP) is -0.0542. The number of nitrogen functional groups attached to an aromatic ring is 1. The van der Waals surface area contributed by atoms with E-state index in [4.69, 9.17) is 24.6 Å². The highest BCUT2D eigenvalue weighted by Crippen LogP contribution is 2.61. The molecular weight excluding hydrogens is 863 g/mol. The summed E-state index contributed by atoms with van der Waals surface area (Å²) in [6.45, 7) is 3.88. The Balaban J connectivity index is 0.00000151. The first-order chi connectivity index (χ1) is 26.8. The lowest BCUT2D eigenvalue weighted by atomic mass is 9.87. The van der Waals surface area contributed by atoms with Crippen LogP contribution in [0.15, 0.2) is 12.7 Å². The number of imidazole rings is 1. The third kappa shape index (κ3) is 17.3. The fourth-order valence-corrected chi connectivity index (χ4v) is 7.97. The van der Waals surface area contributed by atoms with Crippen LogP contribution in [-0.2, 0) is 55.5 Å². The van der Waals surface area contributed by atoms with Gasteiger partial charge in [-0.1, -0.05) is 39.0 Å². The number of carbonyl (C=O) groups excluding carboxylic acids is 3. The average Bonchev–Trinajstić information content (AvgIpc) is 3.67. The largest absolute Gasteiger partial charge is 0.481 e. The number of hydrogen-bond donors (Lipinski definition) is 10. The summed E-state index contributed by atoms with van der Waals surface area (Å²) in [5.74, 6) is -1.78. The molecule has 1 aliphatic rings. The first-order valence-corrected chi connectivity index (χ1v) is 22.5. The van der Waals surface area contributed by atoms with Gasteiger partial charge in [0.1, 0.15) is 36.3 Å². The molecule has 0 aromatic carbocycles. The summed E-state index contributed by atoms with van der Waals surface area (Å²) in [6, 6.07) is 0. The number of nitrogens with one attached hydrogen (secondary N) is 2. The summed E-state index contributed by atoms with van der Waals surface area (Å²) in [5, 5.41) is 34.1. The second-order valence-electron chi connectivity index (χ2n) is 12.9. The third-order valence-corrected chi connectivity index (χ3v) is 11.5. The van der Waals surface area contributed by atoms with E-state index < -0.39 is 90.5 Å². The van der Waals surface area contributed by atoms with Crippen molar-refractivity contribution in [3.8, 4) is 0 Å². The summed E-state index contributed by atoms with van der Waals surface area (Å²) in [4.78, 5) is 95.7. The van der Waals surface area contributed by atoms with Gasteiger partial charge < -0.3 is 56.0 Å². The lowest BCUT2D eigenvalue weighted by Crippen LogP contribution is -2.46. The van der Waals surface area contributed by atoms with Crippen LogP contribution in [0.1, 0.15) is 59.6 Å². The Morgan fingerprint density at radius 1 is 1.03 bits per heavy atom. The minimum absolute atomic E-state index is 0.0310. The first kappa shape index (κ1) is 51.2. The molecule has 7 atom stereocenters. The molecule has 58 heavy (non-hydrogen) atoms. The van der Waals surface area contributed by atoms with Crippen molar-refractivity contribution in [2.24, 2.45) is 5.41 Å². The molecule has 330 valence electrons. The van der Waals surface area contributed by atoms with Crippen molar-refractivity contribution >= 4 is 75.1 Å². The van der Waals surface area contributed by atoms with Crippen LogP contribution >= 0.6 is 35.2 Å². The number of fused-ring (bicyclic) bond motifs is 1. The summed E-state index contributed by atoms with van der Waals surface area (Å²) >= 11 is 1.03. The van der Waals surface area contributed by atoms with Gasteiger partial charge in [-0.25, -0.2) is 28.6 Å². The van der Waals surface area contributed by atoms with Gasteiger partial charge in [-0.2, -0.15) is 4.31 Å². The van der Waals surface area contributed by atoms with Crippen molar-refractivity contribution < 1.29 is 90.4 Å². The molecule has 11 N–H and O–H groups in total. The monoisotopic (exact) mass is 911 g/mol. The molecule has 0 spiro atoms. The number of aliphatic hydroxyl groups excluding tert-OH is 2. The second-order valence-corrected chi connectivity index (χ2v) is 18.4. The van der Waals surface area contributed by atoms with E-state index in [1.165, 1.54) is 20.8 Å². The zero-order chi connectivity index (χ0) is 44.1. The molecule has 2 amide bonds. The van der Waals surface area contributed by atoms with Crippen molar-refractivity contribution in [3.63, 3.8) is 0 Å². The predicted molar refractivity (Wildman–Crippen MR) is 200 cm³/mol. The van der Waals surface area contributed by atoms with E-state index in [1.54, 1.807) is 0 Å². The van der Waals surface area contributed by atoms with Gasteiger partial charge >= 0.3 is 29.4 Å². The minimum Gasteiger partial charge on any atom is -0.481 e. The number of carbonyl (C=O) groups is 4. The van der Waals surface area contributed by atoms with Gasteiger partial charge in [0.25, 0.3) is 0 Å². The zero-order valence-corrected chi connectivity index (χ0v) is 35.1. The maximum Gasteiger partial charge on any atom is 0.481 e. The molecule has 0 radical (unpaired) electrons. The van der Waals surface area contributed by atoms with Gasteiger partial charge in [0.2, 0.25) is 11.8 Å². The van der Waals surface area contributed by atoms with Crippen molar-refractivity contribution in [1.82, 2.24) is 30.2 Å². The number of thioether (sulfide) groups is 1. The Labute approximate surface area is 335 Å². The van der Waals surface area contributed by atoms with E-state index >= 15 is 0 Å². The number of phosphoric ester groups is 3. The van der Waals surface area contributed by atoms with Gasteiger partial charge in [0.05, 0.1) is 19.5 Å². The third-order valence-electron chi connectivity index (χ3n) is 7.55. The molecule has 0 bridgehead atoms. The van der Waals surface area contributed by atoms with Crippen molar-refractivity contribution in [3.05, 3.63) is 12.7 Å². The van der Waals surface area contributed by atoms with Crippen LogP contribution in [0.5, 0.6) is 0 Å². The lowest BCUT2D eigenvalue weighted by Gasteiger charge is -2.30. The van der Waals surface area contributed by atoms with E-state index in [0.29, 0.717) is 12.2 Å². The maximum absolute atomic E-state index is 12.6. The zero-order valence-electron chi connectivity index (χ0n) is 31.6. The number of amides is 2. The highest BCUT2D eigenvalue weighted by molar-refractivity contribution is 8.13. The molecule has 3 rings (SSSR count). The number of nitrogens with two attached hydrogens (primary N) is 1. The number of aliphatic hydroxyl groups is 2. The number of anilines is 1. The van der Waals surface area contributed by atoms with Gasteiger partial charge in [0, 0.05) is 44.0 Å². The first-order valence-electron chi connectivity index (χ1n) is 17.0. The summed E-state index contributed by atoms with van der Waals surface area (Å²) in [5.41, 5.74) is 4.26. The number of hydrogen-bond acceptors (Lipinski definition) is 19. The Bertz CT molecular complexity index is 1870. The molecule has 3 unspecified atom stereocenters. The summed E-state index contributed by atoms with van der Waals surface area (Å²) in [6.07, 6.45) is -4.80. The average molecular weight is 912 g/mol. The van der Waals surface area contributed by atoms with Crippen LogP contribution in [-0.4, -0.2) is 134 Å². The standard InChI is InChI=1S/C23H38N7O17P3S.C5H10O2/c1-12(31)51-7-6-25-14(32)4-5-26-21(35)18(34)23(2,3)9-44-50(41,42)47-49(39,40)43-8-13-17(46-48(36,37)38)16(33)22(45-13)30-11-29-15-19(24)27-10-28-20(15)30;1-2-3-4-5(6)7/h10-11,13,16-18,22,33-34H,4-9H2,1-3H3,(H,25,32)(H,26,35)(H,39,40)(H,41,42)(H2,24,27,28)(H2,36,37,38);2-4H2,1H3,(H,6,7)/t13-,16-,17-,18?,22-;/m1./s1. The molecule has 1 aliphatic heterocycles. The van der Waals surface area contributed by atoms with Crippen LogP contribution in [0.25, 0.3) is 11.2 Å². The van der Waals surface area contributed by atoms with Crippen LogP contribution in [0.3, 0.4) is 0 Å². The molecule has 1 saturated heterocycles. The Morgan fingerprint density at radius 2 is 1.69 bits per heavy atom.